The second-order valence-corrected chi connectivity index (χ2v) is 4.02. The minimum atomic E-state index is -0.00784. The van der Waals surface area contributed by atoms with Crippen LogP contribution in [-0.4, -0.2) is 42.3 Å². The van der Waals surface area contributed by atoms with E-state index in [0.717, 1.165) is 0 Å². The predicted molar refractivity (Wildman–Crippen MR) is 67.4 cm³/mol. The molecule has 0 spiro atoms. The van der Waals surface area contributed by atoms with Crippen LogP contribution in [0.2, 0.25) is 0 Å². The van der Waals surface area contributed by atoms with E-state index in [2.05, 4.69) is 10.2 Å². The molecule has 17 heavy (non-hydrogen) atoms. The monoisotopic (exact) mass is 237 g/mol. The number of rotatable bonds is 6. The standard InChI is InChI=1S/C11H19N5O/c1-8(2)17-7-6-16(3)11-9(10(12)13)4-5-14-15-11/h4-5,8H,6-7H2,1-3H3,(H3,12,13). The zero-order valence-corrected chi connectivity index (χ0v) is 10.5. The lowest BCUT2D eigenvalue weighted by atomic mass is 10.2. The van der Waals surface area contributed by atoms with Crippen LogP contribution in [-0.2, 0) is 4.74 Å². The van der Waals surface area contributed by atoms with Crippen molar-refractivity contribution in [2.24, 2.45) is 5.73 Å². The average molecular weight is 237 g/mol. The SMILES string of the molecule is CC(C)OCCN(C)c1nnccc1C(=N)N. The molecule has 0 atom stereocenters. The highest BCUT2D eigenvalue weighted by atomic mass is 16.5. The number of hydrogen-bond donors (Lipinski definition) is 2. The third kappa shape index (κ3) is 3.99. The summed E-state index contributed by atoms with van der Waals surface area (Å²) in [4.78, 5) is 1.88. The van der Waals surface area contributed by atoms with E-state index in [1.54, 1.807) is 6.07 Å². The summed E-state index contributed by atoms with van der Waals surface area (Å²) in [6.45, 7) is 5.26. The van der Waals surface area contributed by atoms with E-state index in [4.69, 9.17) is 15.9 Å². The highest BCUT2D eigenvalue weighted by Gasteiger charge is 2.11. The fourth-order valence-corrected chi connectivity index (χ4v) is 1.35. The first-order chi connectivity index (χ1) is 8.02. The Morgan fingerprint density at radius 2 is 2.29 bits per heavy atom. The van der Waals surface area contributed by atoms with Crippen LogP contribution < -0.4 is 10.6 Å². The Labute approximate surface area is 101 Å². The van der Waals surface area contributed by atoms with Gasteiger partial charge in [0.2, 0.25) is 0 Å². The molecule has 0 saturated heterocycles. The summed E-state index contributed by atoms with van der Waals surface area (Å²) in [5, 5.41) is 15.3. The Balaban J connectivity index is 2.68. The fourth-order valence-electron chi connectivity index (χ4n) is 1.35. The Kier molecular flexibility index (Phi) is 4.84. The number of nitrogens with zero attached hydrogens (tertiary/aromatic N) is 3. The van der Waals surface area contributed by atoms with Crippen LogP contribution in [0.4, 0.5) is 5.82 Å². The number of hydrogen-bond acceptors (Lipinski definition) is 5. The molecule has 0 aromatic carbocycles. The highest BCUT2D eigenvalue weighted by molar-refractivity contribution is 5.99. The van der Waals surface area contributed by atoms with Gasteiger partial charge in [-0.15, -0.1) is 5.10 Å². The first kappa shape index (κ1) is 13.4. The molecule has 0 aliphatic carbocycles. The predicted octanol–water partition coefficient (Wildman–Crippen LogP) is 0.622. The number of nitrogen functional groups attached to an aromatic ring is 1. The topological polar surface area (TPSA) is 88.1 Å². The number of amidine groups is 1. The lowest BCUT2D eigenvalue weighted by molar-refractivity contribution is 0.0845. The zero-order chi connectivity index (χ0) is 12.8. The number of ether oxygens (including phenoxy) is 1. The molecule has 94 valence electrons. The maximum Gasteiger partial charge on any atom is 0.162 e. The van der Waals surface area contributed by atoms with Gasteiger partial charge in [-0.05, 0) is 19.9 Å². The molecule has 1 aromatic rings. The molecule has 1 aromatic heterocycles. The molecular weight excluding hydrogens is 218 g/mol. The van der Waals surface area contributed by atoms with Gasteiger partial charge in [0.15, 0.2) is 5.82 Å². The van der Waals surface area contributed by atoms with Gasteiger partial charge >= 0.3 is 0 Å². The lowest BCUT2D eigenvalue weighted by Crippen LogP contribution is -2.28. The van der Waals surface area contributed by atoms with Crippen molar-refractivity contribution in [2.45, 2.75) is 20.0 Å². The van der Waals surface area contributed by atoms with Gasteiger partial charge < -0.3 is 15.4 Å². The Bertz CT molecular complexity index is 380. The third-order valence-electron chi connectivity index (χ3n) is 2.23. The first-order valence-electron chi connectivity index (χ1n) is 5.51. The Morgan fingerprint density at radius 3 is 2.88 bits per heavy atom. The van der Waals surface area contributed by atoms with E-state index < -0.39 is 0 Å². The summed E-state index contributed by atoms with van der Waals surface area (Å²) in [6, 6.07) is 1.68. The van der Waals surface area contributed by atoms with Gasteiger partial charge in [0.25, 0.3) is 0 Å². The molecule has 0 fully saturated rings. The van der Waals surface area contributed by atoms with Gasteiger partial charge in [0.1, 0.15) is 5.84 Å². The van der Waals surface area contributed by atoms with Crippen LogP contribution in [0.3, 0.4) is 0 Å². The van der Waals surface area contributed by atoms with Crippen molar-refractivity contribution in [3.05, 3.63) is 17.8 Å². The Morgan fingerprint density at radius 1 is 1.59 bits per heavy atom. The smallest absolute Gasteiger partial charge is 0.162 e. The summed E-state index contributed by atoms with van der Waals surface area (Å²) >= 11 is 0. The van der Waals surface area contributed by atoms with E-state index in [1.807, 2.05) is 25.8 Å². The van der Waals surface area contributed by atoms with Crippen molar-refractivity contribution in [2.75, 3.05) is 25.1 Å². The molecule has 0 bridgehead atoms. The highest BCUT2D eigenvalue weighted by Crippen LogP contribution is 2.13. The van der Waals surface area contributed by atoms with Gasteiger partial charge in [-0.1, -0.05) is 0 Å². The molecule has 3 N–H and O–H groups in total. The van der Waals surface area contributed by atoms with Crippen molar-refractivity contribution in [1.29, 1.82) is 5.41 Å². The minimum Gasteiger partial charge on any atom is -0.384 e. The maximum atomic E-state index is 7.47. The lowest BCUT2D eigenvalue weighted by Gasteiger charge is -2.20. The van der Waals surface area contributed by atoms with Crippen LogP contribution in [0.25, 0.3) is 0 Å². The molecule has 0 amide bonds. The second-order valence-electron chi connectivity index (χ2n) is 4.02. The van der Waals surface area contributed by atoms with Crippen molar-refractivity contribution in [3.63, 3.8) is 0 Å². The van der Waals surface area contributed by atoms with Crippen LogP contribution in [0, 0.1) is 5.41 Å². The summed E-state index contributed by atoms with van der Waals surface area (Å²) in [7, 11) is 1.88. The normalized spacial score (nSPS) is 10.6. The van der Waals surface area contributed by atoms with Gasteiger partial charge in [-0.3, -0.25) is 5.41 Å². The van der Waals surface area contributed by atoms with Gasteiger partial charge in [-0.2, -0.15) is 5.10 Å². The quantitative estimate of drug-likeness (QED) is 0.559. The third-order valence-corrected chi connectivity index (χ3v) is 2.23. The Hall–Kier alpha value is -1.69. The van der Waals surface area contributed by atoms with Gasteiger partial charge in [0.05, 0.1) is 24.5 Å². The van der Waals surface area contributed by atoms with E-state index in [9.17, 15) is 0 Å². The van der Waals surface area contributed by atoms with Crippen LogP contribution in [0.15, 0.2) is 12.3 Å². The summed E-state index contributed by atoms with van der Waals surface area (Å²) < 4.78 is 5.46. The largest absolute Gasteiger partial charge is 0.384 e. The number of nitrogens with one attached hydrogen (secondary N) is 1. The second kappa shape index (κ2) is 6.15. The molecule has 0 unspecified atom stereocenters. The number of likely N-dealkylation sites (N-methyl/N-ethyl adjacent to an activating group) is 1. The van der Waals surface area contributed by atoms with Crippen molar-refractivity contribution < 1.29 is 4.74 Å². The minimum absolute atomic E-state index is 0.00784. The number of anilines is 1. The maximum absolute atomic E-state index is 7.47. The summed E-state index contributed by atoms with van der Waals surface area (Å²) in [5.41, 5.74) is 6.08. The van der Waals surface area contributed by atoms with Crippen molar-refractivity contribution in [3.8, 4) is 0 Å². The summed E-state index contributed by atoms with van der Waals surface area (Å²) in [5.74, 6) is 0.596. The van der Waals surface area contributed by atoms with Gasteiger partial charge in [0, 0.05) is 13.6 Å². The van der Waals surface area contributed by atoms with Crippen LogP contribution >= 0.6 is 0 Å². The molecule has 1 rings (SSSR count). The van der Waals surface area contributed by atoms with Gasteiger partial charge in [-0.25, -0.2) is 0 Å². The molecule has 0 radical (unpaired) electrons. The molecule has 6 nitrogen and oxygen atoms in total. The molecule has 0 aliphatic heterocycles. The van der Waals surface area contributed by atoms with E-state index in [1.165, 1.54) is 6.20 Å². The van der Waals surface area contributed by atoms with E-state index in [0.29, 0.717) is 24.5 Å². The number of aromatic nitrogens is 2. The van der Waals surface area contributed by atoms with Crippen LogP contribution in [0.1, 0.15) is 19.4 Å². The van der Waals surface area contributed by atoms with Crippen LogP contribution in [0.5, 0.6) is 0 Å². The zero-order valence-electron chi connectivity index (χ0n) is 10.5. The number of nitrogens with two attached hydrogens (primary N) is 1. The molecule has 0 saturated carbocycles. The summed E-state index contributed by atoms with van der Waals surface area (Å²) in [6.07, 6.45) is 1.73. The molecule has 1 heterocycles. The average Bonchev–Trinajstić information content (AvgIpc) is 2.28. The molecule has 6 heteroatoms. The first-order valence-corrected chi connectivity index (χ1v) is 5.51. The van der Waals surface area contributed by atoms with E-state index in [-0.39, 0.29) is 11.9 Å². The van der Waals surface area contributed by atoms with Crippen molar-refractivity contribution in [1.82, 2.24) is 10.2 Å². The van der Waals surface area contributed by atoms with E-state index >= 15 is 0 Å². The fraction of sp³-hybridized carbons (Fsp3) is 0.545. The van der Waals surface area contributed by atoms with Crippen molar-refractivity contribution >= 4 is 11.7 Å². The molecular formula is C11H19N5O. The molecule has 0 aliphatic rings.